The van der Waals surface area contributed by atoms with E-state index in [1.807, 2.05) is 30.9 Å². The van der Waals surface area contributed by atoms with Crippen molar-refractivity contribution >= 4 is 23.4 Å². The number of carbonyl (C=O) groups excluding carboxylic acids is 3. The monoisotopic (exact) mass is 461 g/mol. The average Bonchev–Trinajstić information content (AvgIpc) is 3.37. The average molecular weight is 462 g/mol. The van der Waals surface area contributed by atoms with Crippen molar-refractivity contribution in [2.45, 2.75) is 32.6 Å². The maximum absolute atomic E-state index is 12.8. The predicted octanol–water partition coefficient (Wildman–Crippen LogP) is 3.71. The maximum Gasteiger partial charge on any atom is 0.291 e. The second-order valence-electron chi connectivity index (χ2n) is 8.36. The summed E-state index contributed by atoms with van der Waals surface area (Å²) in [6, 6.07) is 17.1. The number of hydrogen-bond acceptors (Lipinski definition) is 5. The quantitative estimate of drug-likeness (QED) is 0.583. The Kier molecular flexibility index (Phi) is 7.08. The van der Waals surface area contributed by atoms with Crippen LogP contribution < -0.4 is 10.6 Å². The van der Waals surface area contributed by atoms with Gasteiger partial charge >= 0.3 is 0 Å². The Morgan fingerprint density at radius 1 is 0.912 bits per heavy atom. The Hall–Kier alpha value is -3.91. The summed E-state index contributed by atoms with van der Waals surface area (Å²) in [4.78, 5) is 39.4. The van der Waals surface area contributed by atoms with E-state index in [-0.39, 0.29) is 29.8 Å². The third-order valence-corrected chi connectivity index (χ3v) is 5.49. The number of anilines is 1. The van der Waals surface area contributed by atoms with Crippen LogP contribution >= 0.6 is 0 Å². The summed E-state index contributed by atoms with van der Waals surface area (Å²) >= 11 is 0. The van der Waals surface area contributed by atoms with Gasteiger partial charge in [0.15, 0.2) is 5.76 Å². The van der Waals surface area contributed by atoms with Gasteiger partial charge in [0.1, 0.15) is 0 Å². The molecule has 3 aromatic rings. The van der Waals surface area contributed by atoms with E-state index in [1.165, 1.54) is 6.26 Å². The Labute approximate surface area is 197 Å². The minimum Gasteiger partial charge on any atom is -0.459 e. The van der Waals surface area contributed by atoms with Crippen LogP contribution in [0.25, 0.3) is 0 Å². The molecule has 1 saturated heterocycles. The van der Waals surface area contributed by atoms with Gasteiger partial charge < -0.3 is 24.7 Å². The van der Waals surface area contributed by atoms with Crippen LogP contribution in [-0.4, -0.2) is 47.9 Å². The molecule has 8 nitrogen and oxygen atoms in total. The van der Waals surface area contributed by atoms with Crippen molar-refractivity contribution in [2.24, 2.45) is 0 Å². The van der Waals surface area contributed by atoms with Crippen LogP contribution in [-0.2, 0) is 11.3 Å². The van der Waals surface area contributed by atoms with Crippen LogP contribution in [0, 0.1) is 0 Å². The zero-order chi connectivity index (χ0) is 24.1. The van der Waals surface area contributed by atoms with Gasteiger partial charge in [0.05, 0.1) is 18.5 Å². The summed E-state index contributed by atoms with van der Waals surface area (Å²) in [5, 5.41) is 5.57. The molecule has 1 fully saturated rings. The fourth-order valence-corrected chi connectivity index (χ4v) is 3.91. The van der Waals surface area contributed by atoms with Crippen molar-refractivity contribution in [3.8, 4) is 0 Å². The molecular weight excluding hydrogens is 434 g/mol. The van der Waals surface area contributed by atoms with Gasteiger partial charge in [-0.15, -0.1) is 0 Å². The molecule has 8 heteroatoms. The Balaban J connectivity index is 1.32. The first kappa shape index (κ1) is 23.3. The first-order valence-electron chi connectivity index (χ1n) is 11.2. The molecule has 1 aliphatic heterocycles. The molecule has 34 heavy (non-hydrogen) atoms. The van der Waals surface area contributed by atoms with E-state index in [2.05, 4.69) is 10.6 Å². The molecule has 176 valence electrons. The van der Waals surface area contributed by atoms with Gasteiger partial charge in [-0.3, -0.25) is 14.4 Å². The number of carbonyl (C=O) groups is 3. The number of benzene rings is 2. The Bertz CT molecular complexity index is 1150. The predicted molar refractivity (Wildman–Crippen MR) is 127 cm³/mol. The number of amides is 3. The smallest absolute Gasteiger partial charge is 0.291 e. The van der Waals surface area contributed by atoms with Crippen LogP contribution in [0.5, 0.6) is 0 Å². The highest BCUT2D eigenvalue weighted by Crippen LogP contribution is 2.16. The molecule has 1 aromatic heterocycles. The molecule has 1 aliphatic rings. The molecular formula is C26H27N3O5. The number of rotatable bonds is 6. The van der Waals surface area contributed by atoms with Crippen molar-refractivity contribution in [3.63, 3.8) is 0 Å². The van der Waals surface area contributed by atoms with E-state index < -0.39 is 5.91 Å². The lowest BCUT2D eigenvalue weighted by molar-refractivity contribution is -0.0586. The molecule has 2 heterocycles. The van der Waals surface area contributed by atoms with Crippen LogP contribution in [0.2, 0.25) is 0 Å². The molecule has 0 saturated carbocycles. The lowest BCUT2D eigenvalue weighted by Gasteiger charge is -2.35. The van der Waals surface area contributed by atoms with Crippen LogP contribution in [0.1, 0.15) is 50.7 Å². The first-order valence-corrected chi connectivity index (χ1v) is 11.2. The third-order valence-electron chi connectivity index (χ3n) is 5.49. The van der Waals surface area contributed by atoms with Gasteiger partial charge in [-0.1, -0.05) is 18.2 Å². The largest absolute Gasteiger partial charge is 0.459 e. The van der Waals surface area contributed by atoms with Crippen molar-refractivity contribution in [2.75, 3.05) is 18.4 Å². The van der Waals surface area contributed by atoms with Gasteiger partial charge in [0, 0.05) is 36.4 Å². The number of furan rings is 1. The summed E-state index contributed by atoms with van der Waals surface area (Å²) in [5.41, 5.74) is 2.38. The lowest BCUT2D eigenvalue weighted by Crippen LogP contribution is -2.48. The Morgan fingerprint density at radius 2 is 1.65 bits per heavy atom. The lowest BCUT2D eigenvalue weighted by atomic mass is 10.1. The normalized spacial score (nSPS) is 17.8. The topological polar surface area (TPSA) is 101 Å². The maximum atomic E-state index is 12.8. The zero-order valence-corrected chi connectivity index (χ0v) is 19.1. The SMILES string of the molecule is CC1CN(C(=O)c2ccc(CNC(=O)c3cccc(NC(=O)c4ccco4)c3)cc2)CC(C)O1. The fraction of sp³-hybridized carbons (Fsp3) is 0.269. The summed E-state index contributed by atoms with van der Waals surface area (Å²) < 4.78 is 10.8. The molecule has 2 aromatic carbocycles. The van der Waals surface area contributed by atoms with Crippen molar-refractivity contribution in [1.29, 1.82) is 0 Å². The highest BCUT2D eigenvalue weighted by molar-refractivity contribution is 6.03. The molecule has 4 rings (SSSR count). The van der Waals surface area contributed by atoms with E-state index >= 15 is 0 Å². The molecule has 2 N–H and O–H groups in total. The summed E-state index contributed by atoms with van der Waals surface area (Å²) in [7, 11) is 0. The number of hydrogen-bond donors (Lipinski definition) is 2. The van der Waals surface area contributed by atoms with E-state index in [1.54, 1.807) is 48.5 Å². The molecule has 0 aliphatic carbocycles. The second-order valence-corrected chi connectivity index (χ2v) is 8.36. The van der Waals surface area contributed by atoms with E-state index in [9.17, 15) is 14.4 Å². The van der Waals surface area contributed by atoms with E-state index in [0.717, 1.165) is 5.56 Å². The third kappa shape index (κ3) is 5.71. The summed E-state index contributed by atoms with van der Waals surface area (Å²) in [6.45, 7) is 5.38. The summed E-state index contributed by atoms with van der Waals surface area (Å²) in [5.74, 6) is -0.496. The number of ether oxygens (including phenoxy) is 1. The molecule has 2 unspecified atom stereocenters. The van der Waals surface area contributed by atoms with E-state index in [0.29, 0.717) is 36.4 Å². The number of nitrogens with one attached hydrogen (secondary N) is 2. The highest BCUT2D eigenvalue weighted by atomic mass is 16.5. The number of nitrogens with zero attached hydrogens (tertiary/aromatic N) is 1. The van der Waals surface area contributed by atoms with E-state index in [4.69, 9.17) is 9.15 Å². The van der Waals surface area contributed by atoms with Crippen molar-refractivity contribution in [3.05, 3.63) is 89.4 Å². The fourth-order valence-electron chi connectivity index (χ4n) is 3.91. The summed E-state index contributed by atoms with van der Waals surface area (Å²) in [6.07, 6.45) is 1.45. The minimum atomic E-state index is -0.391. The highest BCUT2D eigenvalue weighted by Gasteiger charge is 2.26. The Morgan fingerprint density at radius 3 is 2.32 bits per heavy atom. The molecule has 0 bridgehead atoms. The van der Waals surface area contributed by atoms with Gasteiger partial charge in [-0.25, -0.2) is 0 Å². The van der Waals surface area contributed by atoms with Crippen molar-refractivity contribution < 1.29 is 23.5 Å². The first-order chi connectivity index (χ1) is 16.4. The second kappa shape index (κ2) is 10.4. The molecule has 0 spiro atoms. The van der Waals surface area contributed by atoms with Crippen LogP contribution in [0.3, 0.4) is 0 Å². The minimum absolute atomic E-state index is 0.0131. The van der Waals surface area contributed by atoms with Gasteiger partial charge in [0.25, 0.3) is 17.7 Å². The molecule has 0 radical (unpaired) electrons. The van der Waals surface area contributed by atoms with Gasteiger partial charge in [-0.2, -0.15) is 0 Å². The van der Waals surface area contributed by atoms with Crippen LogP contribution in [0.15, 0.2) is 71.3 Å². The van der Waals surface area contributed by atoms with Gasteiger partial charge in [-0.05, 0) is 61.9 Å². The van der Waals surface area contributed by atoms with Gasteiger partial charge in [0.2, 0.25) is 0 Å². The molecule has 3 amide bonds. The zero-order valence-electron chi connectivity index (χ0n) is 19.1. The van der Waals surface area contributed by atoms with Crippen molar-refractivity contribution in [1.82, 2.24) is 10.2 Å². The molecule has 2 atom stereocenters. The standard InChI is InChI=1S/C26H27N3O5/c1-17-15-29(16-18(2)34-17)26(32)20-10-8-19(9-11-20)14-27-24(30)21-5-3-6-22(13-21)28-25(31)23-7-4-12-33-23/h3-13,17-18H,14-16H2,1-2H3,(H,27,30)(H,28,31). The van der Waals surface area contributed by atoms with Crippen LogP contribution in [0.4, 0.5) is 5.69 Å². The number of morpholine rings is 1.